The van der Waals surface area contributed by atoms with Crippen molar-refractivity contribution in [1.29, 1.82) is 0 Å². The van der Waals surface area contributed by atoms with Crippen molar-refractivity contribution in [2.45, 2.75) is 85.0 Å². The molecule has 0 heterocycles. The lowest BCUT2D eigenvalue weighted by atomic mass is 9.49. The average molecular weight is 439 g/mol. The second kappa shape index (κ2) is 12.5. The van der Waals surface area contributed by atoms with Crippen LogP contribution in [0.1, 0.15) is 85.0 Å². The van der Waals surface area contributed by atoms with Gasteiger partial charge in [0.1, 0.15) is 0 Å². The van der Waals surface area contributed by atoms with Crippen LogP contribution in [0, 0.1) is 23.2 Å². The molecule has 0 radical (unpaired) electrons. The Hall–Kier alpha value is -1.77. The maximum atomic E-state index is 13.0. The zero-order valence-corrected chi connectivity index (χ0v) is 20.8. The van der Waals surface area contributed by atoms with E-state index in [2.05, 4.69) is 41.4 Å². The quantitative estimate of drug-likeness (QED) is 0.249. The van der Waals surface area contributed by atoms with Crippen LogP contribution in [0.2, 0.25) is 0 Å². The molecule has 0 unspecified atom stereocenters. The molecular weight excluding hydrogens is 392 g/mol. The predicted molar refractivity (Wildman–Crippen MR) is 137 cm³/mol. The van der Waals surface area contributed by atoms with Gasteiger partial charge in [0.2, 0.25) is 0 Å². The first kappa shape index (κ1) is 24.9. The summed E-state index contributed by atoms with van der Waals surface area (Å²) in [5, 5.41) is 3.15. The average Bonchev–Trinajstić information content (AvgIpc) is 2.76. The molecule has 4 saturated carbocycles. The Kier molecular flexibility index (Phi) is 9.69. The molecule has 0 aromatic carbocycles. The maximum absolute atomic E-state index is 13.0. The third-order valence-electron chi connectivity index (χ3n) is 7.92. The van der Waals surface area contributed by atoms with Gasteiger partial charge in [-0.2, -0.15) is 0 Å². The molecular formula is C29H46N2O. The lowest BCUT2D eigenvalue weighted by Crippen LogP contribution is -2.48. The monoisotopic (exact) mass is 438 g/mol. The smallest absolute Gasteiger partial charge is 0.317 e. The van der Waals surface area contributed by atoms with Gasteiger partial charge in [-0.15, -0.1) is 0 Å². The fourth-order valence-electron chi connectivity index (χ4n) is 6.86. The molecule has 178 valence electrons. The van der Waals surface area contributed by atoms with Crippen LogP contribution >= 0.6 is 0 Å². The fraction of sp³-hybridized carbons (Fsp3) is 0.690. The number of rotatable bonds is 12. The summed E-state index contributed by atoms with van der Waals surface area (Å²) in [4.78, 5) is 15.2. The number of hydrogen-bond donors (Lipinski definition) is 1. The molecule has 0 aromatic heterocycles. The van der Waals surface area contributed by atoms with Crippen LogP contribution in [0.25, 0.3) is 0 Å². The summed E-state index contributed by atoms with van der Waals surface area (Å²) in [5.74, 6) is 2.95. The number of carbonyl (C=O) groups is 1. The van der Waals surface area contributed by atoms with E-state index in [0.717, 1.165) is 42.8 Å². The number of carbonyl (C=O) groups excluding carboxylic acids is 1. The Morgan fingerprint density at radius 3 is 2.25 bits per heavy atom. The third-order valence-corrected chi connectivity index (χ3v) is 7.92. The summed E-state index contributed by atoms with van der Waals surface area (Å²) < 4.78 is 0. The molecule has 4 aliphatic rings. The molecule has 4 bridgehead atoms. The van der Waals surface area contributed by atoms with Gasteiger partial charge in [0, 0.05) is 19.6 Å². The first-order chi connectivity index (χ1) is 15.6. The van der Waals surface area contributed by atoms with E-state index in [9.17, 15) is 4.79 Å². The Morgan fingerprint density at radius 2 is 1.66 bits per heavy atom. The number of urea groups is 1. The molecule has 3 heteroatoms. The van der Waals surface area contributed by atoms with Crippen molar-refractivity contribution in [1.82, 2.24) is 10.2 Å². The normalized spacial score (nSPS) is 29.6. The number of nitrogens with one attached hydrogen (secondary N) is 1. The van der Waals surface area contributed by atoms with Crippen molar-refractivity contribution < 1.29 is 4.79 Å². The number of nitrogens with zero attached hydrogens (tertiary/aromatic N) is 1. The molecule has 4 aliphatic carbocycles. The van der Waals surface area contributed by atoms with E-state index >= 15 is 0 Å². The lowest BCUT2D eigenvalue weighted by molar-refractivity contribution is -0.0596. The van der Waals surface area contributed by atoms with E-state index in [4.69, 9.17) is 0 Å². The highest BCUT2D eigenvalue weighted by Gasteiger charge is 2.50. The zero-order chi connectivity index (χ0) is 22.8. The highest BCUT2D eigenvalue weighted by Crippen LogP contribution is 2.61. The van der Waals surface area contributed by atoms with Gasteiger partial charge in [-0.25, -0.2) is 4.79 Å². The summed E-state index contributed by atoms with van der Waals surface area (Å²) in [6, 6.07) is 0.112. The number of amides is 2. The van der Waals surface area contributed by atoms with Crippen molar-refractivity contribution >= 4 is 6.03 Å². The number of unbranched alkanes of at least 4 members (excludes halogenated alkanes) is 2. The molecule has 0 aromatic rings. The SMILES string of the molecule is CC=C/C=C(\C=C/C)/C=C\CNC(=O)N(CCCCC)CCC12CC3CC(CC(C3)C1)C2. The first-order valence-corrected chi connectivity index (χ1v) is 13.2. The summed E-state index contributed by atoms with van der Waals surface area (Å²) in [5.41, 5.74) is 1.68. The zero-order valence-electron chi connectivity index (χ0n) is 20.8. The standard InChI is InChI=1S/C29H46N2O/c1-4-7-9-16-31(28(32)30-15-10-13-24(11-6-3)12-8-5-2)17-14-29-21-25-18-26(22-29)20-27(19-25)23-29/h5-6,8,10-13,25-27H,4,7,9,14-23H2,1-3H3,(H,30,32)/b8-5?,11-6-,13-10-,24-12+. The van der Waals surface area contributed by atoms with Crippen LogP contribution in [0.4, 0.5) is 4.79 Å². The second-order valence-electron chi connectivity index (χ2n) is 10.6. The van der Waals surface area contributed by atoms with Crippen molar-refractivity contribution in [3.05, 3.63) is 48.1 Å². The summed E-state index contributed by atoms with van der Waals surface area (Å²) >= 11 is 0. The molecule has 2 amide bonds. The largest absolute Gasteiger partial charge is 0.335 e. The van der Waals surface area contributed by atoms with E-state index < -0.39 is 0 Å². The Balaban J connectivity index is 1.52. The van der Waals surface area contributed by atoms with E-state index in [1.54, 1.807) is 0 Å². The Labute approximate surface area is 197 Å². The van der Waals surface area contributed by atoms with Crippen LogP contribution in [-0.4, -0.2) is 30.6 Å². The van der Waals surface area contributed by atoms with E-state index in [1.165, 1.54) is 57.8 Å². The van der Waals surface area contributed by atoms with E-state index in [-0.39, 0.29) is 6.03 Å². The van der Waals surface area contributed by atoms with Crippen LogP contribution in [0.15, 0.2) is 48.1 Å². The van der Waals surface area contributed by atoms with Gasteiger partial charge in [0.25, 0.3) is 0 Å². The summed E-state index contributed by atoms with van der Waals surface area (Å²) in [7, 11) is 0. The minimum Gasteiger partial charge on any atom is -0.335 e. The van der Waals surface area contributed by atoms with Gasteiger partial charge in [0.05, 0.1) is 0 Å². The number of allylic oxidation sites excluding steroid dienone is 7. The minimum absolute atomic E-state index is 0.112. The maximum Gasteiger partial charge on any atom is 0.317 e. The van der Waals surface area contributed by atoms with Gasteiger partial charge >= 0.3 is 6.03 Å². The van der Waals surface area contributed by atoms with E-state index in [0.29, 0.717) is 12.0 Å². The molecule has 32 heavy (non-hydrogen) atoms. The van der Waals surface area contributed by atoms with Crippen LogP contribution < -0.4 is 5.32 Å². The minimum atomic E-state index is 0.112. The highest BCUT2D eigenvalue weighted by atomic mass is 16.2. The predicted octanol–water partition coefficient (Wildman–Crippen LogP) is 7.43. The van der Waals surface area contributed by atoms with Gasteiger partial charge < -0.3 is 10.2 Å². The lowest BCUT2D eigenvalue weighted by Gasteiger charge is -2.57. The molecule has 3 nitrogen and oxygen atoms in total. The Bertz CT molecular complexity index is 679. The third kappa shape index (κ3) is 7.12. The van der Waals surface area contributed by atoms with Gasteiger partial charge in [0.15, 0.2) is 0 Å². The summed E-state index contributed by atoms with van der Waals surface area (Å²) in [6.45, 7) is 8.66. The van der Waals surface area contributed by atoms with Crippen molar-refractivity contribution in [3.8, 4) is 0 Å². The Morgan fingerprint density at radius 1 is 0.969 bits per heavy atom. The van der Waals surface area contributed by atoms with Gasteiger partial charge in [-0.1, -0.05) is 62.3 Å². The van der Waals surface area contributed by atoms with Crippen molar-refractivity contribution in [2.75, 3.05) is 19.6 Å². The molecule has 0 saturated heterocycles. The molecule has 4 fully saturated rings. The molecule has 0 aliphatic heterocycles. The second-order valence-corrected chi connectivity index (χ2v) is 10.6. The number of hydrogen-bond acceptors (Lipinski definition) is 1. The molecule has 4 rings (SSSR count). The topological polar surface area (TPSA) is 32.3 Å². The van der Waals surface area contributed by atoms with Crippen LogP contribution in [-0.2, 0) is 0 Å². The van der Waals surface area contributed by atoms with Gasteiger partial charge in [-0.3, -0.25) is 0 Å². The van der Waals surface area contributed by atoms with Crippen LogP contribution in [0.5, 0.6) is 0 Å². The summed E-state index contributed by atoms with van der Waals surface area (Å²) in [6.07, 6.45) is 27.9. The van der Waals surface area contributed by atoms with Crippen molar-refractivity contribution in [2.24, 2.45) is 23.2 Å². The van der Waals surface area contributed by atoms with E-state index in [1.807, 2.05) is 32.1 Å². The van der Waals surface area contributed by atoms with Gasteiger partial charge in [-0.05, 0) is 94.0 Å². The fourth-order valence-corrected chi connectivity index (χ4v) is 6.86. The molecule has 0 spiro atoms. The van der Waals surface area contributed by atoms with Crippen LogP contribution in [0.3, 0.4) is 0 Å². The molecule has 1 N–H and O–H groups in total. The van der Waals surface area contributed by atoms with Crippen molar-refractivity contribution in [3.63, 3.8) is 0 Å². The highest BCUT2D eigenvalue weighted by molar-refractivity contribution is 5.74. The first-order valence-electron chi connectivity index (χ1n) is 13.2. The molecule has 0 atom stereocenters.